The van der Waals surface area contributed by atoms with Crippen LogP contribution in [0, 0.1) is 0 Å². The Labute approximate surface area is 192 Å². The summed E-state index contributed by atoms with van der Waals surface area (Å²) in [6.07, 6.45) is 1.60. The molecule has 3 amide bonds. The number of carboxylic acid groups (broad SMARTS) is 1. The number of nitrogens with one attached hydrogen (secondary N) is 3. The summed E-state index contributed by atoms with van der Waals surface area (Å²) in [4.78, 5) is 55.2. The van der Waals surface area contributed by atoms with E-state index < -0.39 is 54.0 Å². The van der Waals surface area contributed by atoms with Crippen molar-refractivity contribution >= 4 is 29.7 Å². The third-order valence-electron chi connectivity index (χ3n) is 5.82. The molecule has 2 rings (SSSR count). The smallest absolute Gasteiger partial charge is 0.326 e. The van der Waals surface area contributed by atoms with Crippen molar-refractivity contribution in [3.8, 4) is 0 Å². The van der Waals surface area contributed by atoms with Gasteiger partial charge in [0.25, 0.3) is 0 Å². The van der Waals surface area contributed by atoms with Gasteiger partial charge >= 0.3 is 5.97 Å². The molecule has 0 aromatic carbocycles. The van der Waals surface area contributed by atoms with Crippen LogP contribution in [-0.2, 0) is 19.2 Å². The molecular formula is C20H35N7O6. The Morgan fingerprint density at radius 2 is 1.91 bits per heavy atom. The summed E-state index contributed by atoms with van der Waals surface area (Å²) in [5, 5.41) is 27.7. The van der Waals surface area contributed by atoms with Gasteiger partial charge in [0.2, 0.25) is 17.7 Å². The first-order valence-corrected chi connectivity index (χ1v) is 11.2. The van der Waals surface area contributed by atoms with Crippen LogP contribution in [-0.4, -0.2) is 94.7 Å². The Balaban J connectivity index is 2.11. The molecule has 33 heavy (non-hydrogen) atoms. The van der Waals surface area contributed by atoms with E-state index in [2.05, 4.69) is 20.9 Å². The molecule has 0 saturated carbocycles. The Morgan fingerprint density at radius 1 is 1.18 bits per heavy atom. The first-order valence-electron chi connectivity index (χ1n) is 11.2. The number of guanidine groups is 1. The molecule has 2 aliphatic heterocycles. The number of nitrogens with zero attached hydrogens (tertiary/aromatic N) is 2. The van der Waals surface area contributed by atoms with E-state index in [0.717, 1.165) is 6.42 Å². The van der Waals surface area contributed by atoms with Crippen molar-refractivity contribution in [3.05, 3.63) is 0 Å². The van der Waals surface area contributed by atoms with E-state index >= 15 is 0 Å². The van der Waals surface area contributed by atoms with Gasteiger partial charge < -0.3 is 42.5 Å². The number of carboxylic acids is 1. The van der Waals surface area contributed by atoms with Crippen molar-refractivity contribution in [2.24, 2.45) is 16.5 Å². The average molecular weight is 470 g/mol. The molecule has 9 N–H and O–H groups in total. The van der Waals surface area contributed by atoms with Crippen LogP contribution in [0.1, 0.15) is 45.4 Å². The van der Waals surface area contributed by atoms with E-state index in [1.807, 2.05) is 0 Å². The van der Waals surface area contributed by atoms with Crippen LogP contribution in [0.25, 0.3) is 0 Å². The number of aliphatic hydroxyl groups is 1. The molecular weight excluding hydrogens is 434 g/mol. The molecule has 5 unspecified atom stereocenters. The van der Waals surface area contributed by atoms with E-state index in [4.69, 9.17) is 11.5 Å². The molecule has 186 valence electrons. The van der Waals surface area contributed by atoms with Crippen molar-refractivity contribution < 1.29 is 29.4 Å². The van der Waals surface area contributed by atoms with Gasteiger partial charge in [-0.15, -0.1) is 0 Å². The minimum absolute atomic E-state index is 0.107. The van der Waals surface area contributed by atoms with Crippen LogP contribution in [0.2, 0.25) is 0 Å². The Morgan fingerprint density at radius 3 is 2.48 bits per heavy atom. The third kappa shape index (κ3) is 7.56. The van der Waals surface area contributed by atoms with Gasteiger partial charge in [0.1, 0.15) is 18.1 Å². The highest BCUT2D eigenvalue weighted by atomic mass is 16.4. The van der Waals surface area contributed by atoms with E-state index in [1.165, 1.54) is 11.8 Å². The zero-order valence-corrected chi connectivity index (χ0v) is 18.8. The Bertz CT molecular complexity index is 749. The van der Waals surface area contributed by atoms with Gasteiger partial charge in [-0.1, -0.05) is 0 Å². The van der Waals surface area contributed by atoms with Gasteiger partial charge in [0.15, 0.2) is 5.96 Å². The molecule has 0 aliphatic carbocycles. The van der Waals surface area contributed by atoms with Crippen molar-refractivity contribution in [3.63, 3.8) is 0 Å². The van der Waals surface area contributed by atoms with Crippen LogP contribution in [0.15, 0.2) is 4.99 Å². The van der Waals surface area contributed by atoms with Crippen LogP contribution in [0.3, 0.4) is 0 Å². The second-order valence-corrected chi connectivity index (χ2v) is 8.41. The maximum atomic E-state index is 13.2. The highest BCUT2D eigenvalue weighted by molar-refractivity contribution is 5.94. The number of likely N-dealkylation sites (tertiary alicyclic amines) is 1. The summed E-state index contributed by atoms with van der Waals surface area (Å²) < 4.78 is 0. The summed E-state index contributed by atoms with van der Waals surface area (Å²) in [5.41, 5.74) is 10.6. The fraction of sp³-hybridized carbons (Fsp3) is 0.750. The van der Waals surface area contributed by atoms with Crippen LogP contribution in [0.4, 0.5) is 0 Å². The van der Waals surface area contributed by atoms with Crippen molar-refractivity contribution in [2.75, 3.05) is 19.6 Å². The summed E-state index contributed by atoms with van der Waals surface area (Å²) in [5.74, 6) is -2.89. The first kappa shape index (κ1) is 26.3. The van der Waals surface area contributed by atoms with Gasteiger partial charge in [0, 0.05) is 13.1 Å². The van der Waals surface area contributed by atoms with Crippen molar-refractivity contribution in [2.45, 2.75) is 75.7 Å². The summed E-state index contributed by atoms with van der Waals surface area (Å²) in [6.45, 7) is 2.54. The minimum Gasteiger partial charge on any atom is -0.480 e. The molecule has 13 heteroatoms. The Hall–Kier alpha value is -2.93. The zero-order chi connectivity index (χ0) is 24.5. The first-order chi connectivity index (χ1) is 15.6. The molecule has 2 fully saturated rings. The number of hydrogen-bond acceptors (Lipinski definition) is 7. The van der Waals surface area contributed by atoms with E-state index in [-0.39, 0.29) is 25.5 Å². The molecule has 0 spiro atoms. The fourth-order valence-corrected chi connectivity index (χ4v) is 4.08. The van der Waals surface area contributed by atoms with Crippen LogP contribution < -0.4 is 27.4 Å². The number of amides is 3. The number of carbonyl (C=O) groups is 4. The SMILES string of the molecule is CC(O)C(NC(=O)C1CCCN1)C(=O)NC(CCCN=C(N)N)C(=O)N1CCCC1C(=O)O. The number of aliphatic imine (C=N–C) groups is 1. The van der Waals surface area contributed by atoms with E-state index in [1.54, 1.807) is 0 Å². The minimum atomic E-state index is -1.28. The predicted octanol–water partition coefficient (Wildman–Crippen LogP) is -2.78. The molecule has 2 aliphatic rings. The average Bonchev–Trinajstić information content (AvgIpc) is 3.45. The quantitative estimate of drug-likeness (QED) is 0.0945. The van der Waals surface area contributed by atoms with Gasteiger partial charge in [-0.2, -0.15) is 0 Å². The monoisotopic (exact) mass is 469 g/mol. The second-order valence-electron chi connectivity index (χ2n) is 8.41. The lowest BCUT2D eigenvalue weighted by Crippen LogP contribution is -2.59. The maximum Gasteiger partial charge on any atom is 0.326 e. The molecule has 0 radical (unpaired) electrons. The van der Waals surface area contributed by atoms with Gasteiger partial charge in [-0.05, 0) is 52.0 Å². The molecule has 5 atom stereocenters. The topological polar surface area (TPSA) is 212 Å². The Kier molecular flexibility index (Phi) is 9.85. The molecule has 13 nitrogen and oxygen atoms in total. The summed E-state index contributed by atoms with van der Waals surface area (Å²) >= 11 is 0. The number of carbonyl (C=O) groups excluding carboxylic acids is 3. The third-order valence-corrected chi connectivity index (χ3v) is 5.82. The number of aliphatic hydroxyl groups excluding tert-OH is 1. The van der Waals surface area contributed by atoms with Crippen LogP contribution >= 0.6 is 0 Å². The molecule has 0 aromatic heterocycles. The highest BCUT2D eigenvalue weighted by Crippen LogP contribution is 2.20. The molecule has 2 saturated heterocycles. The summed E-state index contributed by atoms with van der Waals surface area (Å²) in [6, 6.07) is -3.75. The second kappa shape index (κ2) is 12.3. The highest BCUT2D eigenvalue weighted by Gasteiger charge is 2.39. The van der Waals surface area contributed by atoms with Gasteiger partial charge in [0.05, 0.1) is 12.1 Å². The molecule has 2 heterocycles. The molecule has 0 bridgehead atoms. The summed E-state index contributed by atoms with van der Waals surface area (Å²) in [7, 11) is 0. The lowest BCUT2D eigenvalue weighted by atomic mass is 10.1. The van der Waals surface area contributed by atoms with Crippen molar-refractivity contribution in [1.29, 1.82) is 0 Å². The van der Waals surface area contributed by atoms with Crippen molar-refractivity contribution in [1.82, 2.24) is 20.9 Å². The number of nitrogens with two attached hydrogens (primary N) is 2. The normalized spacial score (nSPS) is 22.8. The van der Waals surface area contributed by atoms with E-state index in [9.17, 15) is 29.4 Å². The lowest BCUT2D eigenvalue weighted by molar-refractivity contribution is -0.149. The largest absolute Gasteiger partial charge is 0.480 e. The zero-order valence-electron chi connectivity index (χ0n) is 18.8. The number of hydrogen-bond donors (Lipinski definition) is 7. The van der Waals surface area contributed by atoms with E-state index in [0.29, 0.717) is 32.2 Å². The predicted molar refractivity (Wildman–Crippen MR) is 119 cm³/mol. The number of aliphatic carboxylic acids is 1. The maximum absolute atomic E-state index is 13.2. The van der Waals surface area contributed by atoms with Gasteiger partial charge in [-0.3, -0.25) is 19.4 Å². The van der Waals surface area contributed by atoms with Crippen LogP contribution in [0.5, 0.6) is 0 Å². The standard InChI is InChI=1S/C20H35N7O6/c1-11(28)15(26-16(29)12-5-2-8-23-12)17(30)25-13(6-3-9-24-20(21)22)18(31)27-10-4-7-14(27)19(32)33/h11-15,23,28H,2-10H2,1H3,(H,25,30)(H,26,29)(H,32,33)(H4,21,22,24). The number of rotatable bonds is 11. The lowest BCUT2D eigenvalue weighted by Gasteiger charge is -2.29. The van der Waals surface area contributed by atoms with Gasteiger partial charge in [-0.25, -0.2) is 4.79 Å². The molecule has 0 aromatic rings. The fourth-order valence-electron chi connectivity index (χ4n) is 4.08.